The fourth-order valence-corrected chi connectivity index (χ4v) is 3.15. The second-order valence-corrected chi connectivity index (χ2v) is 7.02. The molecule has 0 spiro atoms. The normalized spacial score (nSPS) is 10.6. The van der Waals surface area contributed by atoms with E-state index in [0.717, 1.165) is 22.2 Å². The minimum Gasteiger partial charge on any atom is -0.481 e. The van der Waals surface area contributed by atoms with Crippen LogP contribution in [0, 0.1) is 6.92 Å². The summed E-state index contributed by atoms with van der Waals surface area (Å²) >= 11 is 0. The number of carbonyl (C=O) groups excluding carboxylic acids is 1. The van der Waals surface area contributed by atoms with Crippen molar-refractivity contribution in [3.05, 3.63) is 89.7 Å². The van der Waals surface area contributed by atoms with Crippen molar-refractivity contribution in [2.24, 2.45) is 0 Å². The van der Waals surface area contributed by atoms with E-state index < -0.39 is 0 Å². The second kappa shape index (κ2) is 8.61. The molecule has 0 aliphatic carbocycles. The van der Waals surface area contributed by atoms with Crippen LogP contribution in [0.15, 0.2) is 73.1 Å². The number of methoxy groups -OCH3 is 1. The summed E-state index contributed by atoms with van der Waals surface area (Å²) in [6, 6.07) is 19.2. The molecule has 4 aromatic rings. The molecule has 2 heterocycles. The number of amides is 1. The SMILES string of the molecule is COc1ccc(NC(=O)c2cccc(NCc3cnc4ccc(C)cc4c3)c2)cn1. The lowest BCUT2D eigenvalue weighted by Gasteiger charge is -2.10. The molecular formula is C24H22N4O2. The van der Waals surface area contributed by atoms with Crippen molar-refractivity contribution in [1.29, 1.82) is 0 Å². The third-order valence-corrected chi connectivity index (χ3v) is 4.72. The molecule has 4 rings (SSSR count). The lowest BCUT2D eigenvalue weighted by molar-refractivity contribution is 0.102. The number of ether oxygens (including phenoxy) is 1. The van der Waals surface area contributed by atoms with Crippen LogP contribution < -0.4 is 15.4 Å². The molecule has 1 amide bonds. The number of hydrogen-bond acceptors (Lipinski definition) is 5. The van der Waals surface area contributed by atoms with Gasteiger partial charge in [0.05, 0.1) is 24.5 Å². The third kappa shape index (κ3) is 4.55. The predicted octanol–water partition coefficient (Wildman–Crippen LogP) is 4.81. The number of fused-ring (bicyclic) bond motifs is 1. The van der Waals surface area contributed by atoms with Gasteiger partial charge in [-0.1, -0.05) is 17.7 Å². The van der Waals surface area contributed by atoms with Crippen molar-refractivity contribution in [2.75, 3.05) is 17.7 Å². The zero-order valence-corrected chi connectivity index (χ0v) is 16.8. The van der Waals surface area contributed by atoms with E-state index in [1.54, 1.807) is 31.5 Å². The van der Waals surface area contributed by atoms with Crippen LogP contribution in [-0.2, 0) is 6.54 Å². The average molecular weight is 398 g/mol. The predicted molar refractivity (Wildman–Crippen MR) is 119 cm³/mol. The number of rotatable bonds is 6. The Morgan fingerprint density at radius 1 is 0.967 bits per heavy atom. The summed E-state index contributed by atoms with van der Waals surface area (Å²) in [5.74, 6) is 0.297. The van der Waals surface area contributed by atoms with E-state index in [9.17, 15) is 4.79 Å². The summed E-state index contributed by atoms with van der Waals surface area (Å²) in [5.41, 5.74) is 5.29. The average Bonchev–Trinajstić information content (AvgIpc) is 2.78. The number of carbonyl (C=O) groups is 1. The molecule has 0 aliphatic rings. The van der Waals surface area contributed by atoms with Crippen LogP contribution in [0.2, 0.25) is 0 Å². The number of pyridine rings is 2. The number of nitrogens with one attached hydrogen (secondary N) is 2. The highest BCUT2D eigenvalue weighted by molar-refractivity contribution is 6.04. The fraction of sp³-hybridized carbons (Fsp3) is 0.125. The largest absolute Gasteiger partial charge is 0.481 e. The van der Waals surface area contributed by atoms with E-state index in [1.165, 1.54) is 5.56 Å². The summed E-state index contributed by atoms with van der Waals surface area (Å²) in [6.45, 7) is 2.69. The Hall–Kier alpha value is -3.93. The Labute approximate surface area is 175 Å². The maximum atomic E-state index is 12.6. The van der Waals surface area contributed by atoms with Crippen LogP contribution in [0.3, 0.4) is 0 Å². The molecule has 0 aliphatic heterocycles. The number of aryl methyl sites for hydroxylation is 1. The zero-order valence-electron chi connectivity index (χ0n) is 16.8. The minimum absolute atomic E-state index is 0.200. The highest BCUT2D eigenvalue weighted by Gasteiger charge is 2.08. The van der Waals surface area contributed by atoms with Crippen LogP contribution in [0.5, 0.6) is 5.88 Å². The van der Waals surface area contributed by atoms with Gasteiger partial charge in [0, 0.05) is 35.4 Å². The van der Waals surface area contributed by atoms with E-state index in [4.69, 9.17) is 4.74 Å². The zero-order chi connectivity index (χ0) is 20.9. The molecule has 0 fully saturated rings. The van der Waals surface area contributed by atoms with E-state index >= 15 is 0 Å². The first-order chi connectivity index (χ1) is 14.6. The molecule has 0 bridgehead atoms. The van der Waals surface area contributed by atoms with Gasteiger partial charge < -0.3 is 15.4 Å². The number of hydrogen-bond donors (Lipinski definition) is 2. The molecule has 6 heteroatoms. The molecule has 0 unspecified atom stereocenters. The molecular weight excluding hydrogens is 376 g/mol. The quantitative estimate of drug-likeness (QED) is 0.487. The van der Waals surface area contributed by atoms with E-state index in [-0.39, 0.29) is 5.91 Å². The van der Waals surface area contributed by atoms with Crippen molar-refractivity contribution in [1.82, 2.24) is 9.97 Å². The van der Waals surface area contributed by atoms with Gasteiger partial charge in [0.1, 0.15) is 0 Å². The Bertz CT molecular complexity index is 1190. The van der Waals surface area contributed by atoms with Gasteiger partial charge >= 0.3 is 0 Å². The van der Waals surface area contributed by atoms with Gasteiger partial charge in [0.2, 0.25) is 5.88 Å². The van der Waals surface area contributed by atoms with Gasteiger partial charge in [-0.15, -0.1) is 0 Å². The highest BCUT2D eigenvalue weighted by Crippen LogP contribution is 2.18. The lowest BCUT2D eigenvalue weighted by Crippen LogP contribution is -2.12. The molecule has 0 radical (unpaired) electrons. The number of aromatic nitrogens is 2. The van der Waals surface area contributed by atoms with Gasteiger partial charge in [-0.3, -0.25) is 9.78 Å². The van der Waals surface area contributed by atoms with Crippen LogP contribution in [-0.4, -0.2) is 23.0 Å². The first-order valence-electron chi connectivity index (χ1n) is 9.61. The fourth-order valence-electron chi connectivity index (χ4n) is 3.15. The molecule has 30 heavy (non-hydrogen) atoms. The Kier molecular flexibility index (Phi) is 5.57. The third-order valence-electron chi connectivity index (χ3n) is 4.72. The molecule has 2 aromatic heterocycles. The highest BCUT2D eigenvalue weighted by atomic mass is 16.5. The Morgan fingerprint density at radius 2 is 1.87 bits per heavy atom. The van der Waals surface area contributed by atoms with Crippen molar-refractivity contribution in [2.45, 2.75) is 13.5 Å². The van der Waals surface area contributed by atoms with Crippen LogP contribution >= 0.6 is 0 Å². The lowest BCUT2D eigenvalue weighted by atomic mass is 10.1. The first kappa shape index (κ1) is 19.4. The molecule has 0 atom stereocenters. The standard InChI is InChI=1S/C24H22N4O2/c1-16-6-8-22-19(10-16)11-17(14-26-22)13-25-20-5-3-4-18(12-20)24(29)28-21-7-9-23(30-2)27-15-21/h3-12,14-15,25H,13H2,1-2H3,(H,28,29). The molecule has 0 saturated carbocycles. The molecule has 2 N–H and O–H groups in total. The summed E-state index contributed by atoms with van der Waals surface area (Å²) in [6.07, 6.45) is 3.44. The van der Waals surface area contributed by atoms with Gasteiger partial charge in [0.25, 0.3) is 5.91 Å². The summed E-state index contributed by atoms with van der Waals surface area (Å²) < 4.78 is 5.03. The van der Waals surface area contributed by atoms with Crippen LogP contribution in [0.1, 0.15) is 21.5 Å². The first-order valence-corrected chi connectivity index (χ1v) is 9.61. The number of benzene rings is 2. The second-order valence-electron chi connectivity index (χ2n) is 7.02. The summed E-state index contributed by atoms with van der Waals surface area (Å²) in [7, 11) is 1.55. The summed E-state index contributed by atoms with van der Waals surface area (Å²) in [4.78, 5) is 21.2. The van der Waals surface area contributed by atoms with Crippen molar-refractivity contribution in [3.8, 4) is 5.88 Å². The Morgan fingerprint density at radius 3 is 2.67 bits per heavy atom. The topological polar surface area (TPSA) is 76.1 Å². The van der Waals surface area contributed by atoms with E-state index in [0.29, 0.717) is 23.7 Å². The van der Waals surface area contributed by atoms with Crippen molar-refractivity contribution in [3.63, 3.8) is 0 Å². The maximum Gasteiger partial charge on any atom is 0.255 e. The van der Waals surface area contributed by atoms with Crippen molar-refractivity contribution >= 4 is 28.2 Å². The minimum atomic E-state index is -0.200. The smallest absolute Gasteiger partial charge is 0.255 e. The number of nitrogens with zero attached hydrogens (tertiary/aromatic N) is 2. The molecule has 2 aromatic carbocycles. The van der Waals surface area contributed by atoms with Gasteiger partial charge in [-0.05, 0) is 55.0 Å². The van der Waals surface area contributed by atoms with Gasteiger partial charge in [0.15, 0.2) is 0 Å². The van der Waals surface area contributed by atoms with Crippen molar-refractivity contribution < 1.29 is 9.53 Å². The van der Waals surface area contributed by atoms with Gasteiger partial charge in [-0.2, -0.15) is 0 Å². The maximum absolute atomic E-state index is 12.6. The van der Waals surface area contributed by atoms with E-state index in [1.807, 2.05) is 30.5 Å². The van der Waals surface area contributed by atoms with Gasteiger partial charge in [-0.25, -0.2) is 4.98 Å². The van der Waals surface area contributed by atoms with E-state index in [2.05, 4.69) is 45.7 Å². The molecule has 0 saturated heterocycles. The Balaban J connectivity index is 1.43. The molecule has 150 valence electrons. The number of anilines is 2. The molecule has 6 nitrogen and oxygen atoms in total. The summed E-state index contributed by atoms with van der Waals surface area (Å²) in [5, 5.41) is 7.33. The van der Waals surface area contributed by atoms with Crippen LogP contribution in [0.4, 0.5) is 11.4 Å². The van der Waals surface area contributed by atoms with Crippen LogP contribution in [0.25, 0.3) is 10.9 Å². The monoisotopic (exact) mass is 398 g/mol.